The number of unbranched alkanes of at least 4 members (excludes halogenated alkanes) is 8. The Morgan fingerprint density at radius 2 is 1.08 bits per heavy atom. The molecule has 1 heterocycles. The summed E-state index contributed by atoms with van der Waals surface area (Å²) in [6, 6.07) is 16.8. The minimum absolute atomic E-state index is 0.715. The molecule has 1 aromatic heterocycles. The summed E-state index contributed by atoms with van der Waals surface area (Å²) in [5.74, 6) is 3.25. The van der Waals surface area contributed by atoms with Gasteiger partial charge in [0, 0.05) is 5.56 Å². The van der Waals surface area contributed by atoms with Crippen molar-refractivity contribution in [3.63, 3.8) is 0 Å². The molecule has 0 saturated heterocycles. The fourth-order valence-corrected chi connectivity index (χ4v) is 4.51. The summed E-state index contributed by atoms with van der Waals surface area (Å²) in [6.07, 6.45) is 18.8. The van der Waals surface area contributed by atoms with Crippen LogP contribution in [0.4, 0.5) is 0 Å². The molecule has 0 amide bonds. The smallest absolute Gasteiger partial charge is 0.159 e. The highest BCUT2D eigenvalue weighted by atomic mass is 16.5. The van der Waals surface area contributed by atoms with Gasteiger partial charge in [-0.2, -0.15) is 0 Å². The molecule has 0 saturated carbocycles. The Bertz CT molecular complexity index is 1000. The third-order valence-electron chi connectivity index (χ3n) is 7.28. The first-order valence-electron chi connectivity index (χ1n) is 15.0. The highest BCUT2D eigenvalue weighted by molar-refractivity contribution is 5.68. The Morgan fingerprint density at radius 3 is 1.68 bits per heavy atom. The van der Waals surface area contributed by atoms with Crippen molar-refractivity contribution in [2.24, 2.45) is 5.92 Å². The van der Waals surface area contributed by atoms with Crippen LogP contribution in [0, 0.1) is 5.92 Å². The second kappa shape index (κ2) is 17.6. The molecule has 0 unspecified atom stereocenters. The summed E-state index contributed by atoms with van der Waals surface area (Å²) in [4.78, 5) is 9.05. The molecule has 0 aliphatic carbocycles. The van der Waals surface area contributed by atoms with Crippen molar-refractivity contribution in [2.75, 3.05) is 13.2 Å². The minimum Gasteiger partial charge on any atom is -0.494 e. The van der Waals surface area contributed by atoms with Crippen molar-refractivity contribution in [2.45, 2.75) is 97.8 Å². The number of rotatable bonds is 19. The maximum Gasteiger partial charge on any atom is 0.159 e. The monoisotopic (exact) mass is 516 g/mol. The van der Waals surface area contributed by atoms with Crippen LogP contribution in [0.1, 0.15) is 97.8 Å². The molecule has 4 nitrogen and oxygen atoms in total. The van der Waals surface area contributed by atoms with E-state index in [0.717, 1.165) is 49.0 Å². The van der Waals surface area contributed by atoms with Crippen LogP contribution in [0.2, 0.25) is 0 Å². The van der Waals surface area contributed by atoms with Crippen LogP contribution >= 0.6 is 0 Å². The zero-order chi connectivity index (χ0) is 26.8. The second-order valence-electron chi connectivity index (χ2n) is 10.5. The Balaban J connectivity index is 1.38. The van der Waals surface area contributed by atoms with E-state index in [1.807, 2.05) is 0 Å². The maximum absolute atomic E-state index is 5.92. The zero-order valence-electron chi connectivity index (χ0n) is 24.0. The number of benzene rings is 2. The van der Waals surface area contributed by atoms with Gasteiger partial charge < -0.3 is 9.47 Å². The summed E-state index contributed by atoms with van der Waals surface area (Å²) in [5.41, 5.74) is 3.34. The van der Waals surface area contributed by atoms with Gasteiger partial charge in [-0.1, -0.05) is 121 Å². The molecule has 0 bridgehead atoms. The molecule has 0 aliphatic heterocycles. The number of nitrogens with zero attached hydrogens (tertiary/aromatic N) is 2. The van der Waals surface area contributed by atoms with Gasteiger partial charge in [0.1, 0.15) is 5.75 Å². The van der Waals surface area contributed by atoms with Crippen LogP contribution in [0.5, 0.6) is 11.5 Å². The molecule has 1 atom stereocenters. The van der Waals surface area contributed by atoms with Crippen LogP contribution < -0.4 is 9.47 Å². The molecule has 3 rings (SSSR count). The first-order valence-corrected chi connectivity index (χ1v) is 15.0. The SMILES string of the molecule is CCCCCCCCOc1ccc(-c2ccc(-c3ncc(OCCCCCC[C@H](C)CC)cn3)cc2)cc1. The molecule has 0 N–H and O–H groups in total. The molecule has 4 heteroatoms. The molecule has 2 aromatic carbocycles. The molecular weight excluding hydrogens is 468 g/mol. The van der Waals surface area contributed by atoms with Crippen LogP contribution in [0.25, 0.3) is 22.5 Å². The molecule has 0 spiro atoms. The molecule has 3 aromatic rings. The predicted molar refractivity (Wildman–Crippen MR) is 160 cm³/mol. The Kier molecular flexibility index (Phi) is 13.7. The van der Waals surface area contributed by atoms with E-state index in [0.29, 0.717) is 5.82 Å². The molecule has 0 radical (unpaired) electrons. The average molecular weight is 517 g/mol. The second-order valence-corrected chi connectivity index (χ2v) is 10.5. The van der Waals surface area contributed by atoms with Crippen molar-refractivity contribution < 1.29 is 9.47 Å². The Morgan fingerprint density at radius 1 is 0.579 bits per heavy atom. The van der Waals surface area contributed by atoms with E-state index in [-0.39, 0.29) is 0 Å². The lowest BCUT2D eigenvalue weighted by molar-refractivity contribution is 0.301. The van der Waals surface area contributed by atoms with E-state index >= 15 is 0 Å². The van der Waals surface area contributed by atoms with Gasteiger partial charge in [-0.25, -0.2) is 9.97 Å². The number of ether oxygens (including phenoxy) is 2. The van der Waals surface area contributed by atoms with Crippen molar-refractivity contribution in [1.82, 2.24) is 9.97 Å². The third-order valence-corrected chi connectivity index (χ3v) is 7.28. The minimum atomic E-state index is 0.715. The van der Waals surface area contributed by atoms with Crippen LogP contribution in [-0.2, 0) is 0 Å². The Hall–Kier alpha value is -2.88. The number of hydrogen-bond acceptors (Lipinski definition) is 4. The summed E-state index contributed by atoms with van der Waals surface area (Å²) in [7, 11) is 0. The molecule has 0 fully saturated rings. The Labute approximate surface area is 231 Å². The normalized spacial score (nSPS) is 11.9. The summed E-state index contributed by atoms with van der Waals surface area (Å²) < 4.78 is 11.8. The van der Waals surface area contributed by atoms with Gasteiger partial charge in [0.15, 0.2) is 11.6 Å². The quantitative estimate of drug-likeness (QED) is 0.149. The molecule has 38 heavy (non-hydrogen) atoms. The van der Waals surface area contributed by atoms with Crippen molar-refractivity contribution in [3.05, 3.63) is 60.9 Å². The van der Waals surface area contributed by atoms with E-state index in [1.54, 1.807) is 12.4 Å². The third kappa shape index (κ3) is 10.8. The van der Waals surface area contributed by atoms with Gasteiger partial charge >= 0.3 is 0 Å². The fourth-order valence-electron chi connectivity index (χ4n) is 4.51. The lowest BCUT2D eigenvalue weighted by Crippen LogP contribution is -1.99. The van der Waals surface area contributed by atoms with Gasteiger partial charge in [0.25, 0.3) is 0 Å². The molecular formula is C34H48N2O2. The van der Waals surface area contributed by atoms with E-state index in [1.165, 1.54) is 75.3 Å². The lowest BCUT2D eigenvalue weighted by Gasteiger charge is -2.09. The number of hydrogen-bond donors (Lipinski definition) is 0. The molecule has 0 aliphatic rings. The zero-order valence-corrected chi connectivity index (χ0v) is 24.0. The first kappa shape index (κ1) is 29.7. The standard InChI is InChI=1S/C34H48N2O2/c1-4-6-7-8-10-13-24-37-32-22-20-30(21-23-32)29-16-18-31(19-17-29)34-35-26-33(27-36-34)38-25-14-11-9-12-15-28(3)5-2/h16-23,26-28H,4-15,24-25H2,1-3H3/t28-/m1/s1. The predicted octanol–water partition coefficient (Wildman–Crippen LogP) is 9.93. The van der Waals surface area contributed by atoms with Gasteiger partial charge in [-0.15, -0.1) is 0 Å². The molecule has 206 valence electrons. The van der Waals surface area contributed by atoms with Gasteiger partial charge in [0.2, 0.25) is 0 Å². The van der Waals surface area contributed by atoms with E-state index in [9.17, 15) is 0 Å². The van der Waals surface area contributed by atoms with E-state index in [4.69, 9.17) is 9.47 Å². The van der Waals surface area contributed by atoms with Crippen LogP contribution in [-0.4, -0.2) is 23.2 Å². The van der Waals surface area contributed by atoms with Crippen molar-refractivity contribution >= 4 is 0 Å². The lowest BCUT2D eigenvalue weighted by atomic mass is 10.0. The highest BCUT2D eigenvalue weighted by Crippen LogP contribution is 2.25. The topological polar surface area (TPSA) is 44.2 Å². The summed E-state index contributed by atoms with van der Waals surface area (Å²) in [5, 5.41) is 0. The van der Waals surface area contributed by atoms with E-state index < -0.39 is 0 Å². The van der Waals surface area contributed by atoms with Gasteiger partial charge in [-0.3, -0.25) is 0 Å². The van der Waals surface area contributed by atoms with Gasteiger partial charge in [-0.05, 0) is 42.0 Å². The summed E-state index contributed by atoms with van der Waals surface area (Å²) in [6.45, 7) is 8.39. The first-order chi connectivity index (χ1) is 18.7. The highest BCUT2D eigenvalue weighted by Gasteiger charge is 2.05. The largest absolute Gasteiger partial charge is 0.494 e. The average Bonchev–Trinajstić information content (AvgIpc) is 2.97. The maximum atomic E-state index is 5.92. The van der Waals surface area contributed by atoms with Crippen LogP contribution in [0.15, 0.2) is 60.9 Å². The van der Waals surface area contributed by atoms with E-state index in [2.05, 4.69) is 79.3 Å². The van der Waals surface area contributed by atoms with Crippen LogP contribution in [0.3, 0.4) is 0 Å². The van der Waals surface area contributed by atoms with Gasteiger partial charge in [0.05, 0.1) is 25.6 Å². The van der Waals surface area contributed by atoms with Crippen molar-refractivity contribution in [3.8, 4) is 34.0 Å². The number of aromatic nitrogens is 2. The summed E-state index contributed by atoms with van der Waals surface area (Å²) >= 11 is 0. The fraction of sp³-hybridized carbons (Fsp3) is 0.529. The van der Waals surface area contributed by atoms with Crippen molar-refractivity contribution in [1.29, 1.82) is 0 Å².